The fraction of sp³-hybridized carbons (Fsp3) is 0.474. The van der Waals surface area contributed by atoms with E-state index in [0.717, 1.165) is 23.5 Å². The lowest BCUT2D eigenvalue weighted by atomic mass is 9.49. The molecule has 0 radical (unpaired) electrons. The van der Waals surface area contributed by atoms with Gasteiger partial charge in [0.1, 0.15) is 5.67 Å². The number of allylic oxidation sites excluding steroid dienone is 5. The van der Waals surface area contributed by atoms with E-state index in [0.29, 0.717) is 11.3 Å². The molecule has 0 N–H and O–H groups in total. The Balaban J connectivity index is 0.000000686. The summed E-state index contributed by atoms with van der Waals surface area (Å²) in [6.07, 6.45) is 10.4. The zero-order valence-electron chi connectivity index (χ0n) is 26.3. The second-order valence-corrected chi connectivity index (χ2v) is 12.6. The van der Waals surface area contributed by atoms with E-state index in [4.69, 9.17) is 0 Å². The highest BCUT2D eigenvalue weighted by Gasteiger charge is 2.49. The second-order valence-electron chi connectivity index (χ2n) is 12.6. The molecule has 0 heterocycles. The lowest BCUT2D eigenvalue weighted by Gasteiger charge is -2.55. The molecule has 0 aromatic heterocycles. The molecular weight excluding hydrogens is 475 g/mol. The topological polar surface area (TPSA) is 0 Å². The van der Waals surface area contributed by atoms with Crippen molar-refractivity contribution in [2.45, 2.75) is 106 Å². The Morgan fingerprint density at radius 2 is 1.46 bits per heavy atom. The Morgan fingerprint density at radius 1 is 1.00 bits per heavy atom. The summed E-state index contributed by atoms with van der Waals surface area (Å²) >= 11 is 0. The van der Waals surface area contributed by atoms with Crippen LogP contribution in [-0.2, 0) is 0 Å². The zero-order chi connectivity index (χ0) is 29.4. The first-order chi connectivity index (χ1) is 18.3. The average molecular weight is 529 g/mol. The van der Waals surface area contributed by atoms with Crippen LogP contribution in [0.1, 0.15) is 116 Å². The Hall–Kier alpha value is -2.67. The lowest BCUT2D eigenvalue weighted by molar-refractivity contribution is 0.0246. The highest BCUT2D eigenvalue weighted by molar-refractivity contribution is 5.83. The Labute approximate surface area is 239 Å². The molecule has 0 saturated heterocycles. The summed E-state index contributed by atoms with van der Waals surface area (Å²) in [7, 11) is 0. The summed E-state index contributed by atoms with van der Waals surface area (Å²) < 4.78 is 11.7. The smallest absolute Gasteiger partial charge is 0.102 e. The van der Waals surface area contributed by atoms with Gasteiger partial charge in [-0.25, -0.2) is 4.39 Å². The fourth-order valence-corrected chi connectivity index (χ4v) is 6.08. The molecule has 4 rings (SSSR count). The minimum absolute atomic E-state index is 0.436. The number of alkyl halides is 1. The summed E-state index contributed by atoms with van der Waals surface area (Å²) in [6, 6.07) is 18.4. The molecule has 2 saturated carbocycles. The number of halogens is 1. The van der Waals surface area contributed by atoms with E-state index in [1.165, 1.54) is 74.3 Å². The van der Waals surface area contributed by atoms with Crippen LogP contribution in [0.2, 0.25) is 0 Å². The molecular formula is C38H53F. The van der Waals surface area contributed by atoms with Gasteiger partial charge in [-0.15, -0.1) is 0 Å². The van der Waals surface area contributed by atoms with E-state index in [-0.39, 0.29) is 0 Å². The van der Waals surface area contributed by atoms with Gasteiger partial charge in [0.05, 0.1) is 0 Å². The number of hydrogen-bond acceptors (Lipinski definition) is 0. The van der Waals surface area contributed by atoms with Crippen LogP contribution in [0.3, 0.4) is 0 Å². The molecule has 1 unspecified atom stereocenters. The van der Waals surface area contributed by atoms with Crippen molar-refractivity contribution in [3.63, 3.8) is 0 Å². The molecule has 2 aliphatic rings. The van der Waals surface area contributed by atoms with Crippen molar-refractivity contribution in [3.8, 4) is 0 Å². The van der Waals surface area contributed by atoms with Crippen molar-refractivity contribution in [1.29, 1.82) is 0 Å². The maximum absolute atomic E-state index is 11.7. The number of hydrogen-bond donors (Lipinski definition) is 0. The Kier molecular flexibility index (Phi) is 11.8. The normalized spacial score (nSPS) is 20.8. The molecule has 0 aliphatic heterocycles. The number of rotatable bonds is 7. The van der Waals surface area contributed by atoms with Gasteiger partial charge in [-0.2, -0.15) is 0 Å². The molecule has 2 aliphatic carbocycles. The monoisotopic (exact) mass is 528 g/mol. The van der Waals surface area contributed by atoms with E-state index in [2.05, 4.69) is 95.5 Å². The predicted molar refractivity (Wildman–Crippen MR) is 172 cm³/mol. The summed E-state index contributed by atoms with van der Waals surface area (Å²) in [5, 5.41) is 0. The molecule has 1 heteroatoms. The van der Waals surface area contributed by atoms with Crippen LogP contribution < -0.4 is 0 Å². The average Bonchev–Trinajstić information content (AvgIpc) is 2.84. The summed E-state index contributed by atoms with van der Waals surface area (Å²) in [6.45, 7) is 25.7. The van der Waals surface area contributed by atoms with Crippen LogP contribution in [0.5, 0.6) is 0 Å². The largest absolute Gasteiger partial charge is 0.245 e. The third-order valence-electron chi connectivity index (χ3n) is 7.69. The lowest BCUT2D eigenvalue weighted by Crippen LogP contribution is -2.43. The van der Waals surface area contributed by atoms with Gasteiger partial charge in [0, 0.05) is 0 Å². The van der Waals surface area contributed by atoms with Crippen LogP contribution in [0.25, 0.3) is 5.57 Å². The van der Waals surface area contributed by atoms with Gasteiger partial charge in [-0.05, 0) is 117 Å². The minimum atomic E-state index is -1.00. The summed E-state index contributed by atoms with van der Waals surface area (Å²) in [4.78, 5) is 0. The van der Waals surface area contributed by atoms with Crippen molar-refractivity contribution < 1.29 is 4.39 Å². The van der Waals surface area contributed by atoms with E-state index in [1.807, 2.05) is 19.9 Å². The van der Waals surface area contributed by atoms with Crippen LogP contribution in [-0.4, -0.2) is 5.67 Å². The molecule has 2 aromatic carbocycles. The van der Waals surface area contributed by atoms with Crippen molar-refractivity contribution in [2.24, 2.45) is 11.3 Å². The Morgan fingerprint density at radius 3 is 1.87 bits per heavy atom. The van der Waals surface area contributed by atoms with E-state index in [9.17, 15) is 4.39 Å². The van der Waals surface area contributed by atoms with Gasteiger partial charge in [-0.1, -0.05) is 113 Å². The van der Waals surface area contributed by atoms with Crippen molar-refractivity contribution in [3.05, 3.63) is 113 Å². The molecule has 2 aromatic rings. The number of aryl methyl sites for hydroxylation is 1. The van der Waals surface area contributed by atoms with Gasteiger partial charge in [0.15, 0.2) is 0 Å². The SMILES string of the molecule is C=C/C(=C\C)C(=C)CC(C)c1ccc(C(=C2CC3(C2)CC(C)C3)c2ccc(C)cc2)cc1.CC.CC(C)(C)F. The molecule has 1 spiro atoms. The molecule has 212 valence electrons. The van der Waals surface area contributed by atoms with E-state index < -0.39 is 5.67 Å². The maximum Gasteiger partial charge on any atom is 0.102 e. The standard InChI is InChI=1S/C32H38.C4H9F.C2H6/c1-7-26(8-2)24(5)17-25(6)27-13-15-29(16-14-27)31(28-11-9-22(3)10-12-28)30-20-32(21-30)18-23(4)19-32;1-4(2,3)5;1-2/h7-16,23,25H,1,5,17-21H2,2-4,6H3;1-3H3;1-2H3/b26-8+,31-30?;;. The molecule has 39 heavy (non-hydrogen) atoms. The predicted octanol–water partition coefficient (Wildman–Crippen LogP) is 12.0. The van der Waals surface area contributed by atoms with Crippen molar-refractivity contribution in [2.75, 3.05) is 0 Å². The van der Waals surface area contributed by atoms with Crippen molar-refractivity contribution in [1.82, 2.24) is 0 Å². The van der Waals surface area contributed by atoms with Crippen LogP contribution in [0, 0.1) is 18.3 Å². The number of benzene rings is 2. The van der Waals surface area contributed by atoms with Gasteiger partial charge >= 0.3 is 0 Å². The van der Waals surface area contributed by atoms with Gasteiger partial charge in [-0.3, -0.25) is 0 Å². The third-order valence-corrected chi connectivity index (χ3v) is 7.69. The summed E-state index contributed by atoms with van der Waals surface area (Å²) in [5.74, 6) is 1.35. The Bertz CT molecular complexity index is 1130. The third kappa shape index (κ3) is 9.20. The van der Waals surface area contributed by atoms with Crippen LogP contribution >= 0.6 is 0 Å². The highest BCUT2D eigenvalue weighted by Crippen LogP contribution is 2.62. The molecule has 0 bridgehead atoms. The zero-order valence-corrected chi connectivity index (χ0v) is 26.3. The molecule has 0 nitrogen and oxygen atoms in total. The fourth-order valence-electron chi connectivity index (χ4n) is 6.08. The van der Waals surface area contributed by atoms with Gasteiger partial charge in [0.2, 0.25) is 0 Å². The first-order valence-corrected chi connectivity index (χ1v) is 14.9. The van der Waals surface area contributed by atoms with Crippen LogP contribution in [0.4, 0.5) is 4.39 Å². The minimum Gasteiger partial charge on any atom is -0.245 e. The first kappa shape index (κ1) is 32.5. The van der Waals surface area contributed by atoms with Crippen LogP contribution in [0.15, 0.2) is 90.6 Å². The maximum atomic E-state index is 11.7. The first-order valence-electron chi connectivity index (χ1n) is 14.9. The second kappa shape index (κ2) is 14.1. The summed E-state index contributed by atoms with van der Waals surface area (Å²) in [5.41, 5.74) is 10.5. The van der Waals surface area contributed by atoms with Gasteiger partial charge < -0.3 is 0 Å². The molecule has 1 atom stereocenters. The van der Waals surface area contributed by atoms with Gasteiger partial charge in [0.25, 0.3) is 0 Å². The quantitative estimate of drug-likeness (QED) is 0.313. The van der Waals surface area contributed by atoms with E-state index >= 15 is 0 Å². The molecule has 2 fully saturated rings. The molecule has 0 amide bonds. The highest BCUT2D eigenvalue weighted by atomic mass is 19.1. The van der Waals surface area contributed by atoms with E-state index in [1.54, 1.807) is 5.57 Å². The van der Waals surface area contributed by atoms with Crippen molar-refractivity contribution >= 4 is 5.57 Å².